The van der Waals surface area contributed by atoms with E-state index < -0.39 is 0 Å². The van der Waals surface area contributed by atoms with Gasteiger partial charge in [-0.1, -0.05) is 11.6 Å². The van der Waals surface area contributed by atoms with E-state index >= 15 is 0 Å². The number of hydrogen-bond acceptors (Lipinski definition) is 10. The van der Waals surface area contributed by atoms with Gasteiger partial charge in [-0.25, -0.2) is 9.97 Å². The van der Waals surface area contributed by atoms with E-state index in [2.05, 4.69) is 35.5 Å². The molecule has 2 aliphatic heterocycles. The van der Waals surface area contributed by atoms with Crippen LogP contribution in [-0.4, -0.2) is 69.6 Å². The molecule has 4 aromatic rings. The van der Waals surface area contributed by atoms with E-state index in [4.69, 9.17) is 21.1 Å². The molecule has 1 saturated heterocycles. The third-order valence-corrected chi connectivity index (χ3v) is 7.80. The second-order valence-electron chi connectivity index (χ2n) is 8.93. The lowest BCUT2D eigenvalue weighted by atomic mass is 10.1. The molecule has 10 nitrogen and oxygen atoms in total. The number of amides is 1. The minimum Gasteiger partial charge on any atom is -0.403 e. The van der Waals surface area contributed by atoms with Crippen LogP contribution in [0.1, 0.15) is 27.9 Å². The summed E-state index contributed by atoms with van der Waals surface area (Å²) in [4.78, 5) is 33.7. The van der Waals surface area contributed by atoms with Gasteiger partial charge in [0.1, 0.15) is 10.0 Å². The van der Waals surface area contributed by atoms with Gasteiger partial charge >= 0.3 is 6.01 Å². The van der Waals surface area contributed by atoms with Gasteiger partial charge in [-0.3, -0.25) is 9.69 Å². The average Bonchev–Trinajstić information content (AvgIpc) is 3.18. The van der Waals surface area contributed by atoms with Gasteiger partial charge in [0.15, 0.2) is 0 Å². The van der Waals surface area contributed by atoms with Crippen molar-refractivity contribution >= 4 is 55.7 Å². The largest absolute Gasteiger partial charge is 0.403 e. The van der Waals surface area contributed by atoms with Crippen LogP contribution < -0.4 is 15.4 Å². The Morgan fingerprint density at radius 2 is 2.08 bits per heavy atom. The second kappa shape index (κ2) is 9.40. The smallest absolute Gasteiger partial charge is 0.325 e. The molecule has 1 amide bonds. The summed E-state index contributed by atoms with van der Waals surface area (Å²) < 4.78 is 12.2. The van der Waals surface area contributed by atoms with E-state index in [0.717, 1.165) is 40.1 Å². The van der Waals surface area contributed by atoms with Gasteiger partial charge in [-0.2, -0.15) is 9.97 Å². The summed E-state index contributed by atoms with van der Waals surface area (Å²) in [5.74, 6) is 0.185. The summed E-state index contributed by atoms with van der Waals surface area (Å²) in [6.07, 6.45) is 1.54. The van der Waals surface area contributed by atoms with Gasteiger partial charge in [0.25, 0.3) is 5.91 Å². The number of aryl methyl sites for hydroxylation is 1. The monoisotopic (exact) mass is 525 g/mol. The second-order valence-corrected chi connectivity index (χ2v) is 10.3. The van der Waals surface area contributed by atoms with E-state index in [0.29, 0.717) is 47.4 Å². The molecule has 36 heavy (non-hydrogen) atoms. The first-order valence-corrected chi connectivity index (χ1v) is 12.9. The Balaban J connectivity index is 1.30. The SMILES string of the molecule is Cc1nc(Oc2cnc3c(ccc4sc5c(c43)NC[C@@H](C)NC5=O)n2)nc(Cl)c1CN1CCOCC1. The van der Waals surface area contributed by atoms with Gasteiger partial charge in [-0.05, 0) is 26.0 Å². The number of halogens is 1. The molecule has 2 N–H and O–H groups in total. The first-order chi connectivity index (χ1) is 17.5. The van der Waals surface area contributed by atoms with Crippen molar-refractivity contribution in [3.8, 4) is 11.9 Å². The van der Waals surface area contributed by atoms with Crippen LogP contribution in [0.2, 0.25) is 5.15 Å². The number of fused-ring (bicyclic) bond motifs is 5. The van der Waals surface area contributed by atoms with Gasteiger partial charge in [-0.15, -0.1) is 11.3 Å². The Kier molecular flexibility index (Phi) is 6.08. The predicted molar refractivity (Wildman–Crippen MR) is 138 cm³/mol. The van der Waals surface area contributed by atoms with Crippen LogP contribution in [-0.2, 0) is 11.3 Å². The molecule has 0 saturated carbocycles. The first-order valence-electron chi connectivity index (χ1n) is 11.7. The van der Waals surface area contributed by atoms with E-state index in [-0.39, 0.29) is 23.8 Å². The van der Waals surface area contributed by atoms with Gasteiger partial charge in [0.2, 0.25) is 5.88 Å². The maximum absolute atomic E-state index is 12.6. The number of carbonyl (C=O) groups excluding carboxylic acids is 1. The number of aromatic nitrogens is 4. The zero-order valence-electron chi connectivity index (χ0n) is 19.8. The number of nitrogens with one attached hydrogen (secondary N) is 2. The summed E-state index contributed by atoms with van der Waals surface area (Å²) in [6.45, 7) is 8.28. The molecule has 1 atom stereocenters. The standard InChI is InChI=1S/C24H24ClN7O3S/c1-12-9-26-20-18-16(36-21(20)23(33)28-12)4-3-15-19(18)27-10-17(30-15)35-24-29-13(2)14(22(25)31-24)11-32-5-7-34-8-6-32/h3-4,10,12,26H,5-9,11H2,1-2H3,(H,28,33)/t12-/m1/s1. The Labute approximate surface area is 216 Å². The van der Waals surface area contributed by atoms with Crippen LogP contribution >= 0.6 is 22.9 Å². The number of rotatable bonds is 4. The number of thiophene rings is 1. The third-order valence-electron chi connectivity index (χ3n) is 6.34. The molecule has 0 spiro atoms. The third kappa shape index (κ3) is 4.32. The molecule has 6 rings (SSSR count). The molecule has 12 heteroatoms. The van der Waals surface area contributed by atoms with Crippen molar-refractivity contribution in [3.05, 3.63) is 39.6 Å². The maximum atomic E-state index is 12.6. The fraction of sp³-hybridized carbons (Fsp3) is 0.375. The number of benzene rings is 1. The van der Waals surface area contributed by atoms with Gasteiger partial charge in [0.05, 0.1) is 41.8 Å². The highest BCUT2D eigenvalue weighted by Gasteiger charge is 2.25. The maximum Gasteiger partial charge on any atom is 0.325 e. The molecule has 2 aliphatic rings. The predicted octanol–water partition coefficient (Wildman–Crippen LogP) is 3.76. The van der Waals surface area contributed by atoms with Crippen molar-refractivity contribution in [3.63, 3.8) is 0 Å². The fourth-order valence-corrected chi connectivity index (χ4v) is 5.82. The highest BCUT2D eigenvalue weighted by molar-refractivity contribution is 7.21. The highest BCUT2D eigenvalue weighted by atomic mass is 35.5. The number of anilines is 1. The Bertz CT molecular complexity index is 1460. The van der Waals surface area contributed by atoms with E-state index in [9.17, 15) is 4.79 Å². The van der Waals surface area contributed by atoms with E-state index in [1.807, 2.05) is 26.0 Å². The first kappa shape index (κ1) is 23.3. The number of carbonyl (C=O) groups is 1. The lowest BCUT2D eigenvalue weighted by Gasteiger charge is -2.27. The summed E-state index contributed by atoms with van der Waals surface area (Å²) in [6, 6.07) is 3.97. The molecule has 1 aromatic carbocycles. The molecule has 0 radical (unpaired) electrons. The normalized spacial score (nSPS) is 18.5. The number of hydrogen-bond donors (Lipinski definition) is 2. The van der Waals surface area contributed by atoms with Crippen LogP contribution in [0.25, 0.3) is 21.1 Å². The van der Waals surface area contributed by atoms with Crippen molar-refractivity contribution in [1.29, 1.82) is 0 Å². The van der Waals surface area contributed by atoms with Crippen molar-refractivity contribution in [2.75, 3.05) is 38.2 Å². The van der Waals surface area contributed by atoms with Gasteiger partial charge in [0, 0.05) is 47.9 Å². The molecular weight excluding hydrogens is 502 g/mol. The highest BCUT2D eigenvalue weighted by Crippen LogP contribution is 2.40. The minimum absolute atomic E-state index is 0.0313. The molecule has 3 aromatic heterocycles. The fourth-order valence-electron chi connectivity index (χ4n) is 4.46. The van der Waals surface area contributed by atoms with Crippen LogP contribution in [0.4, 0.5) is 5.69 Å². The van der Waals surface area contributed by atoms with E-state index in [1.165, 1.54) is 11.3 Å². The zero-order chi connectivity index (χ0) is 24.8. The number of nitrogens with zero attached hydrogens (tertiary/aromatic N) is 5. The Hall–Kier alpha value is -3.12. The molecular formula is C24H24ClN7O3S. The van der Waals surface area contributed by atoms with Crippen LogP contribution in [0, 0.1) is 6.92 Å². The topological polar surface area (TPSA) is 114 Å². The van der Waals surface area contributed by atoms with Gasteiger partial charge < -0.3 is 20.1 Å². The van der Waals surface area contributed by atoms with Crippen LogP contribution in [0.5, 0.6) is 11.9 Å². The quantitative estimate of drug-likeness (QED) is 0.384. The summed E-state index contributed by atoms with van der Waals surface area (Å²) in [5.41, 5.74) is 3.77. The molecule has 5 heterocycles. The summed E-state index contributed by atoms with van der Waals surface area (Å²) in [7, 11) is 0. The molecule has 1 fully saturated rings. The molecule has 0 aliphatic carbocycles. The minimum atomic E-state index is -0.0776. The molecule has 0 unspecified atom stereocenters. The zero-order valence-corrected chi connectivity index (χ0v) is 21.4. The van der Waals surface area contributed by atoms with Crippen LogP contribution in [0.3, 0.4) is 0 Å². The lowest BCUT2D eigenvalue weighted by Crippen LogP contribution is -2.36. The molecule has 0 bridgehead atoms. The van der Waals surface area contributed by atoms with Crippen LogP contribution in [0.15, 0.2) is 18.3 Å². The van der Waals surface area contributed by atoms with Crippen molar-refractivity contribution in [2.45, 2.75) is 26.4 Å². The van der Waals surface area contributed by atoms with E-state index in [1.54, 1.807) is 6.20 Å². The summed E-state index contributed by atoms with van der Waals surface area (Å²) in [5, 5.41) is 7.65. The number of morpholine rings is 1. The van der Waals surface area contributed by atoms with Crippen molar-refractivity contribution < 1.29 is 14.3 Å². The van der Waals surface area contributed by atoms with Crippen molar-refractivity contribution in [1.82, 2.24) is 30.2 Å². The molecule has 186 valence electrons. The number of ether oxygens (including phenoxy) is 2. The summed E-state index contributed by atoms with van der Waals surface area (Å²) >= 11 is 7.95. The van der Waals surface area contributed by atoms with Crippen molar-refractivity contribution in [2.24, 2.45) is 0 Å². The Morgan fingerprint density at radius 3 is 2.89 bits per heavy atom. The average molecular weight is 526 g/mol. The Morgan fingerprint density at radius 1 is 1.25 bits per heavy atom. The lowest BCUT2D eigenvalue weighted by molar-refractivity contribution is 0.0340.